The van der Waals surface area contributed by atoms with Crippen LogP contribution in [0, 0.1) is 5.92 Å². The predicted molar refractivity (Wildman–Crippen MR) is 78.6 cm³/mol. The maximum absolute atomic E-state index is 5.26. The number of rotatable bonds is 6. The molecule has 0 saturated carbocycles. The van der Waals surface area contributed by atoms with Crippen molar-refractivity contribution in [3.8, 4) is 0 Å². The fourth-order valence-corrected chi connectivity index (χ4v) is 2.69. The number of anilines is 1. The number of nitrogens with zero attached hydrogens (tertiary/aromatic N) is 2. The Morgan fingerprint density at radius 1 is 1.47 bits per heavy atom. The minimum absolute atomic E-state index is 0.643. The van der Waals surface area contributed by atoms with E-state index in [9.17, 15) is 0 Å². The third-order valence-corrected chi connectivity index (χ3v) is 3.68. The van der Waals surface area contributed by atoms with Crippen LogP contribution in [0.2, 0.25) is 0 Å². The number of hydrogen-bond donors (Lipinski definition) is 1. The Hall–Kier alpha value is -1.13. The van der Waals surface area contributed by atoms with Crippen LogP contribution >= 0.6 is 0 Å². The maximum atomic E-state index is 5.26. The molecule has 0 spiro atoms. The van der Waals surface area contributed by atoms with E-state index in [1.165, 1.54) is 17.7 Å². The molecule has 1 aliphatic heterocycles. The van der Waals surface area contributed by atoms with Gasteiger partial charge in [-0.1, -0.05) is 6.92 Å². The summed E-state index contributed by atoms with van der Waals surface area (Å²) in [5, 5.41) is 3.22. The Bertz CT molecular complexity index is 408. The standard InChI is InChI=1S/C15H25N3O/c1-4-14-7-13(9-16-2)8-15(17-14)18-6-5-12(10-18)11-19-3/h7-8,12,16H,4-6,9-11H2,1-3H3. The van der Waals surface area contributed by atoms with E-state index in [-0.39, 0.29) is 0 Å². The molecule has 1 saturated heterocycles. The third kappa shape index (κ3) is 3.67. The Morgan fingerprint density at radius 3 is 3.00 bits per heavy atom. The van der Waals surface area contributed by atoms with Crippen molar-refractivity contribution in [3.63, 3.8) is 0 Å². The molecule has 1 aromatic heterocycles. The zero-order chi connectivity index (χ0) is 13.7. The summed E-state index contributed by atoms with van der Waals surface area (Å²) in [6.07, 6.45) is 2.19. The lowest BCUT2D eigenvalue weighted by Gasteiger charge is -2.19. The van der Waals surface area contributed by atoms with Crippen molar-refractivity contribution in [1.29, 1.82) is 0 Å². The fraction of sp³-hybridized carbons (Fsp3) is 0.667. The second-order valence-corrected chi connectivity index (χ2v) is 5.26. The van der Waals surface area contributed by atoms with Crippen LogP contribution in [-0.2, 0) is 17.7 Å². The highest BCUT2D eigenvalue weighted by Gasteiger charge is 2.23. The van der Waals surface area contributed by atoms with Gasteiger partial charge >= 0.3 is 0 Å². The van der Waals surface area contributed by atoms with Gasteiger partial charge in [-0.2, -0.15) is 0 Å². The van der Waals surface area contributed by atoms with E-state index in [0.717, 1.165) is 38.5 Å². The van der Waals surface area contributed by atoms with Crippen LogP contribution in [0.3, 0.4) is 0 Å². The Labute approximate surface area is 116 Å². The molecule has 2 rings (SSSR count). The molecule has 1 unspecified atom stereocenters. The van der Waals surface area contributed by atoms with Crippen molar-refractivity contribution in [3.05, 3.63) is 23.4 Å². The summed E-state index contributed by atoms with van der Waals surface area (Å²) in [4.78, 5) is 7.16. The van der Waals surface area contributed by atoms with Crippen molar-refractivity contribution in [2.75, 3.05) is 38.8 Å². The van der Waals surface area contributed by atoms with Gasteiger partial charge in [-0.25, -0.2) is 4.98 Å². The summed E-state index contributed by atoms with van der Waals surface area (Å²) in [7, 11) is 3.76. The lowest BCUT2D eigenvalue weighted by molar-refractivity contribution is 0.161. The maximum Gasteiger partial charge on any atom is 0.129 e. The number of nitrogens with one attached hydrogen (secondary N) is 1. The normalized spacial score (nSPS) is 19.1. The summed E-state index contributed by atoms with van der Waals surface area (Å²) in [5.41, 5.74) is 2.50. The van der Waals surface area contributed by atoms with E-state index in [0.29, 0.717) is 5.92 Å². The first-order valence-electron chi connectivity index (χ1n) is 7.15. The highest BCUT2D eigenvalue weighted by Crippen LogP contribution is 2.24. The van der Waals surface area contributed by atoms with Gasteiger partial charge in [0, 0.05) is 38.4 Å². The zero-order valence-electron chi connectivity index (χ0n) is 12.3. The molecule has 0 aliphatic carbocycles. The SMILES string of the molecule is CCc1cc(CNC)cc(N2CCC(COC)C2)n1. The van der Waals surface area contributed by atoms with Gasteiger partial charge in [-0.05, 0) is 37.6 Å². The Morgan fingerprint density at radius 2 is 2.32 bits per heavy atom. The summed E-state index contributed by atoms with van der Waals surface area (Å²) in [6.45, 7) is 6.07. The van der Waals surface area contributed by atoms with Gasteiger partial charge in [0.2, 0.25) is 0 Å². The van der Waals surface area contributed by atoms with Crippen molar-refractivity contribution in [1.82, 2.24) is 10.3 Å². The summed E-state index contributed by atoms with van der Waals surface area (Å²) < 4.78 is 5.26. The van der Waals surface area contributed by atoms with Gasteiger partial charge in [0.1, 0.15) is 5.82 Å². The van der Waals surface area contributed by atoms with E-state index in [1.54, 1.807) is 7.11 Å². The molecular formula is C15H25N3O. The van der Waals surface area contributed by atoms with Crippen molar-refractivity contribution in [2.45, 2.75) is 26.3 Å². The molecule has 2 heterocycles. The molecule has 4 nitrogen and oxygen atoms in total. The number of ether oxygens (including phenoxy) is 1. The summed E-state index contributed by atoms with van der Waals surface area (Å²) >= 11 is 0. The molecule has 4 heteroatoms. The van der Waals surface area contributed by atoms with Crippen molar-refractivity contribution in [2.24, 2.45) is 5.92 Å². The fourth-order valence-electron chi connectivity index (χ4n) is 2.69. The number of methoxy groups -OCH3 is 1. The highest BCUT2D eigenvalue weighted by molar-refractivity contribution is 5.44. The van der Waals surface area contributed by atoms with Crippen LogP contribution in [0.4, 0.5) is 5.82 Å². The van der Waals surface area contributed by atoms with Gasteiger partial charge in [-0.15, -0.1) is 0 Å². The molecule has 1 aliphatic rings. The average molecular weight is 263 g/mol. The van der Waals surface area contributed by atoms with Gasteiger partial charge < -0.3 is 15.0 Å². The van der Waals surface area contributed by atoms with Crippen LogP contribution in [0.1, 0.15) is 24.6 Å². The van der Waals surface area contributed by atoms with Gasteiger partial charge in [0.05, 0.1) is 6.61 Å². The molecule has 1 N–H and O–H groups in total. The Balaban J connectivity index is 2.12. The molecule has 1 atom stereocenters. The van der Waals surface area contributed by atoms with Gasteiger partial charge in [0.15, 0.2) is 0 Å². The molecule has 0 amide bonds. The monoisotopic (exact) mass is 263 g/mol. The number of aromatic nitrogens is 1. The lowest BCUT2D eigenvalue weighted by Crippen LogP contribution is -2.23. The van der Waals surface area contributed by atoms with Crippen LogP contribution in [0.15, 0.2) is 12.1 Å². The second-order valence-electron chi connectivity index (χ2n) is 5.26. The zero-order valence-corrected chi connectivity index (χ0v) is 12.3. The molecule has 0 bridgehead atoms. The first-order chi connectivity index (χ1) is 9.26. The quantitative estimate of drug-likeness (QED) is 0.850. The first-order valence-corrected chi connectivity index (χ1v) is 7.15. The van der Waals surface area contributed by atoms with Crippen LogP contribution in [0.25, 0.3) is 0 Å². The lowest BCUT2D eigenvalue weighted by atomic mass is 10.1. The van der Waals surface area contributed by atoms with Gasteiger partial charge in [0.25, 0.3) is 0 Å². The smallest absolute Gasteiger partial charge is 0.129 e. The number of hydrogen-bond acceptors (Lipinski definition) is 4. The van der Waals surface area contributed by atoms with E-state index < -0.39 is 0 Å². The third-order valence-electron chi connectivity index (χ3n) is 3.68. The minimum atomic E-state index is 0.643. The van der Waals surface area contributed by atoms with E-state index in [1.807, 2.05) is 7.05 Å². The molecular weight excluding hydrogens is 238 g/mol. The van der Waals surface area contributed by atoms with E-state index in [4.69, 9.17) is 9.72 Å². The first kappa shape index (κ1) is 14.3. The van der Waals surface area contributed by atoms with Crippen LogP contribution in [-0.4, -0.2) is 38.8 Å². The summed E-state index contributed by atoms with van der Waals surface area (Å²) in [5.74, 6) is 1.77. The highest BCUT2D eigenvalue weighted by atomic mass is 16.5. The summed E-state index contributed by atoms with van der Waals surface area (Å²) in [6, 6.07) is 4.41. The van der Waals surface area contributed by atoms with E-state index >= 15 is 0 Å². The van der Waals surface area contributed by atoms with Gasteiger partial charge in [-0.3, -0.25) is 0 Å². The van der Waals surface area contributed by atoms with Crippen molar-refractivity contribution < 1.29 is 4.74 Å². The van der Waals surface area contributed by atoms with E-state index in [2.05, 4.69) is 29.3 Å². The topological polar surface area (TPSA) is 37.4 Å². The molecule has 1 aromatic rings. The van der Waals surface area contributed by atoms with Crippen molar-refractivity contribution >= 4 is 5.82 Å². The predicted octanol–water partition coefficient (Wildman–Crippen LogP) is 1.84. The minimum Gasteiger partial charge on any atom is -0.384 e. The molecule has 0 aromatic carbocycles. The average Bonchev–Trinajstić information content (AvgIpc) is 2.88. The number of pyridine rings is 1. The number of aryl methyl sites for hydroxylation is 1. The molecule has 1 fully saturated rings. The largest absolute Gasteiger partial charge is 0.384 e. The molecule has 0 radical (unpaired) electrons. The van der Waals surface area contributed by atoms with Crippen LogP contribution in [0.5, 0.6) is 0 Å². The molecule has 106 valence electrons. The second kappa shape index (κ2) is 6.87. The van der Waals surface area contributed by atoms with Crippen LogP contribution < -0.4 is 10.2 Å². The Kier molecular flexibility index (Phi) is 5.16. The molecule has 19 heavy (non-hydrogen) atoms.